The molecule has 1 rings (SSSR count). The summed E-state index contributed by atoms with van der Waals surface area (Å²) in [4.78, 5) is 25.2. The highest BCUT2D eigenvalue weighted by atomic mass is 127. The summed E-state index contributed by atoms with van der Waals surface area (Å²) in [6, 6.07) is 4.75. The predicted octanol–water partition coefficient (Wildman–Crippen LogP) is 1.59. The van der Waals surface area contributed by atoms with Crippen LogP contribution in [-0.2, 0) is 4.79 Å². The van der Waals surface area contributed by atoms with E-state index in [-0.39, 0.29) is 24.1 Å². The number of rotatable bonds is 5. The number of carbonyl (C=O) groups is 2. The van der Waals surface area contributed by atoms with Crippen LogP contribution in [0.25, 0.3) is 0 Å². The molecule has 0 saturated heterocycles. The maximum Gasteiger partial charge on any atom is 0.254 e. The first kappa shape index (κ1) is 15.7. The fourth-order valence-electron chi connectivity index (χ4n) is 1.60. The lowest BCUT2D eigenvalue weighted by molar-refractivity contribution is -0.121. The molecule has 0 bridgehead atoms. The second kappa shape index (κ2) is 7.32. The van der Waals surface area contributed by atoms with E-state index in [0.29, 0.717) is 15.7 Å². The van der Waals surface area contributed by atoms with Gasteiger partial charge in [-0.1, -0.05) is 6.92 Å². The Morgan fingerprint density at radius 2 is 2.11 bits per heavy atom. The molecule has 0 unspecified atom stereocenters. The topological polar surface area (TPSA) is 69.6 Å². The molecular formula is C13H17IN2O3. The summed E-state index contributed by atoms with van der Waals surface area (Å²) in [6.45, 7) is 2.46. The van der Waals surface area contributed by atoms with E-state index in [1.165, 1.54) is 18.0 Å². The van der Waals surface area contributed by atoms with Crippen LogP contribution in [0.15, 0.2) is 18.2 Å². The number of phenols is 1. The van der Waals surface area contributed by atoms with Gasteiger partial charge in [-0.25, -0.2) is 0 Å². The van der Waals surface area contributed by atoms with E-state index >= 15 is 0 Å². The van der Waals surface area contributed by atoms with Crippen LogP contribution in [0.3, 0.4) is 0 Å². The Labute approximate surface area is 126 Å². The molecule has 104 valence electrons. The SMILES string of the molecule is CCCN(CC(=O)NC)C(=O)c1ccc(I)c(O)c1. The number of hydrogen-bond donors (Lipinski definition) is 2. The molecule has 5 nitrogen and oxygen atoms in total. The fourth-order valence-corrected chi connectivity index (χ4v) is 1.94. The highest BCUT2D eigenvalue weighted by Gasteiger charge is 2.18. The normalized spacial score (nSPS) is 10.1. The highest BCUT2D eigenvalue weighted by Crippen LogP contribution is 2.21. The molecule has 0 aromatic heterocycles. The van der Waals surface area contributed by atoms with Crippen molar-refractivity contribution in [3.63, 3.8) is 0 Å². The van der Waals surface area contributed by atoms with E-state index in [1.54, 1.807) is 12.1 Å². The van der Waals surface area contributed by atoms with Gasteiger partial charge in [-0.3, -0.25) is 9.59 Å². The van der Waals surface area contributed by atoms with E-state index in [0.717, 1.165) is 6.42 Å². The second-order valence-corrected chi connectivity index (χ2v) is 5.23. The lowest BCUT2D eigenvalue weighted by Gasteiger charge is -2.21. The van der Waals surface area contributed by atoms with E-state index < -0.39 is 0 Å². The standard InChI is InChI=1S/C13H17IN2O3/c1-3-6-16(8-12(18)15-2)13(19)9-4-5-10(14)11(17)7-9/h4-5,7,17H,3,6,8H2,1-2H3,(H,15,18). The van der Waals surface area contributed by atoms with E-state index in [1.807, 2.05) is 29.5 Å². The van der Waals surface area contributed by atoms with Gasteiger partial charge in [-0.05, 0) is 47.2 Å². The van der Waals surface area contributed by atoms with Crippen LogP contribution in [0.1, 0.15) is 23.7 Å². The van der Waals surface area contributed by atoms with Crippen LogP contribution in [0.5, 0.6) is 5.75 Å². The molecule has 0 saturated carbocycles. The van der Waals surface area contributed by atoms with Crippen LogP contribution in [0, 0.1) is 3.57 Å². The van der Waals surface area contributed by atoms with Crippen molar-refractivity contribution >= 4 is 34.4 Å². The Balaban J connectivity index is 2.91. The van der Waals surface area contributed by atoms with Crippen molar-refractivity contribution in [3.8, 4) is 5.75 Å². The molecule has 0 heterocycles. The molecule has 0 atom stereocenters. The van der Waals surface area contributed by atoms with Gasteiger partial charge in [0.15, 0.2) is 0 Å². The largest absolute Gasteiger partial charge is 0.507 e. The molecule has 0 fully saturated rings. The molecule has 19 heavy (non-hydrogen) atoms. The summed E-state index contributed by atoms with van der Waals surface area (Å²) in [5.74, 6) is -0.392. The summed E-state index contributed by atoms with van der Waals surface area (Å²) in [5, 5.41) is 12.1. The van der Waals surface area contributed by atoms with Gasteiger partial charge < -0.3 is 15.3 Å². The van der Waals surface area contributed by atoms with Gasteiger partial charge in [0.25, 0.3) is 5.91 Å². The summed E-state index contributed by atoms with van der Waals surface area (Å²) >= 11 is 1.99. The molecule has 0 radical (unpaired) electrons. The van der Waals surface area contributed by atoms with Crippen molar-refractivity contribution in [1.29, 1.82) is 0 Å². The van der Waals surface area contributed by atoms with E-state index in [9.17, 15) is 14.7 Å². The predicted molar refractivity (Wildman–Crippen MR) is 81.1 cm³/mol. The van der Waals surface area contributed by atoms with Crippen LogP contribution < -0.4 is 5.32 Å². The smallest absolute Gasteiger partial charge is 0.254 e. The van der Waals surface area contributed by atoms with Crippen LogP contribution in [0.4, 0.5) is 0 Å². The monoisotopic (exact) mass is 376 g/mol. The quantitative estimate of drug-likeness (QED) is 0.767. The minimum atomic E-state index is -0.253. The third kappa shape index (κ3) is 4.38. The van der Waals surface area contributed by atoms with Gasteiger partial charge in [-0.15, -0.1) is 0 Å². The molecule has 1 aromatic carbocycles. The Hall–Kier alpha value is -1.31. The number of hydrogen-bond acceptors (Lipinski definition) is 3. The van der Waals surface area contributed by atoms with E-state index in [2.05, 4.69) is 5.32 Å². The van der Waals surface area contributed by atoms with Crippen molar-refractivity contribution < 1.29 is 14.7 Å². The van der Waals surface area contributed by atoms with Crippen molar-refractivity contribution in [3.05, 3.63) is 27.3 Å². The van der Waals surface area contributed by atoms with Crippen molar-refractivity contribution in [2.45, 2.75) is 13.3 Å². The minimum absolute atomic E-state index is 0.0237. The zero-order chi connectivity index (χ0) is 14.4. The molecular weight excluding hydrogens is 359 g/mol. The Morgan fingerprint density at radius 1 is 1.42 bits per heavy atom. The number of aromatic hydroxyl groups is 1. The van der Waals surface area contributed by atoms with Gasteiger partial charge in [-0.2, -0.15) is 0 Å². The van der Waals surface area contributed by atoms with Crippen LogP contribution in [0.2, 0.25) is 0 Å². The molecule has 6 heteroatoms. The Morgan fingerprint density at radius 3 is 2.63 bits per heavy atom. The maximum atomic E-state index is 12.3. The summed E-state index contributed by atoms with van der Waals surface area (Å²) < 4.78 is 0.683. The third-order valence-corrected chi connectivity index (χ3v) is 3.50. The summed E-state index contributed by atoms with van der Waals surface area (Å²) in [5.41, 5.74) is 0.385. The molecule has 0 aliphatic heterocycles. The van der Waals surface area contributed by atoms with Gasteiger partial charge >= 0.3 is 0 Å². The average molecular weight is 376 g/mol. The molecule has 2 amide bonds. The third-order valence-electron chi connectivity index (χ3n) is 2.59. The van der Waals surface area contributed by atoms with Gasteiger partial charge in [0.05, 0.1) is 10.1 Å². The fraction of sp³-hybridized carbons (Fsp3) is 0.385. The average Bonchev–Trinajstić information content (AvgIpc) is 2.40. The Bertz CT molecular complexity index is 477. The number of halogens is 1. The van der Waals surface area contributed by atoms with E-state index in [4.69, 9.17) is 0 Å². The first-order valence-corrected chi connectivity index (χ1v) is 7.05. The number of nitrogens with zero attached hydrogens (tertiary/aromatic N) is 1. The number of amides is 2. The Kier molecular flexibility index (Phi) is 6.07. The first-order valence-electron chi connectivity index (χ1n) is 5.98. The zero-order valence-electron chi connectivity index (χ0n) is 10.9. The lowest BCUT2D eigenvalue weighted by atomic mass is 10.2. The van der Waals surface area contributed by atoms with Gasteiger partial charge in [0, 0.05) is 19.2 Å². The van der Waals surface area contributed by atoms with Crippen molar-refractivity contribution in [2.75, 3.05) is 20.1 Å². The molecule has 1 aromatic rings. The zero-order valence-corrected chi connectivity index (χ0v) is 13.1. The number of phenolic OH excluding ortho intramolecular Hbond substituents is 1. The summed E-state index contributed by atoms with van der Waals surface area (Å²) in [6.07, 6.45) is 0.763. The molecule has 0 aliphatic carbocycles. The van der Waals surface area contributed by atoms with Gasteiger partial charge in [0.2, 0.25) is 5.91 Å². The molecule has 0 spiro atoms. The maximum absolute atomic E-state index is 12.3. The number of likely N-dealkylation sites (N-methyl/N-ethyl adjacent to an activating group) is 1. The van der Waals surface area contributed by atoms with Crippen molar-refractivity contribution in [1.82, 2.24) is 10.2 Å². The molecule has 0 aliphatic rings. The number of benzene rings is 1. The van der Waals surface area contributed by atoms with Gasteiger partial charge in [0.1, 0.15) is 5.75 Å². The second-order valence-electron chi connectivity index (χ2n) is 4.07. The van der Waals surface area contributed by atoms with Crippen LogP contribution >= 0.6 is 22.6 Å². The lowest BCUT2D eigenvalue weighted by Crippen LogP contribution is -2.40. The molecule has 2 N–H and O–H groups in total. The highest BCUT2D eigenvalue weighted by molar-refractivity contribution is 14.1. The number of nitrogens with one attached hydrogen (secondary N) is 1. The first-order chi connectivity index (χ1) is 8.99. The number of carbonyl (C=O) groups excluding carboxylic acids is 2. The minimum Gasteiger partial charge on any atom is -0.507 e. The summed E-state index contributed by atoms with van der Waals surface area (Å²) in [7, 11) is 1.54. The van der Waals surface area contributed by atoms with Crippen LogP contribution in [-0.4, -0.2) is 42.0 Å². The van der Waals surface area contributed by atoms with Crippen molar-refractivity contribution in [2.24, 2.45) is 0 Å².